The fourth-order valence-corrected chi connectivity index (χ4v) is 2.21. The van der Waals surface area contributed by atoms with Gasteiger partial charge in [0.1, 0.15) is 5.88 Å². The maximum absolute atomic E-state index is 11.0. The van der Waals surface area contributed by atoms with Gasteiger partial charge in [0.15, 0.2) is 0 Å². The van der Waals surface area contributed by atoms with Crippen molar-refractivity contribution in [3.8, 4) is 0 Å². The second-order valence-electron chi connectivity index (χ2n) is 3.76. The van der Waals surface area contributed by atoms with Crippen LogP contribution in [0.3, 0.4) is 0 Å². The largest absolute Gasteiger partial charge is 0.389 e. The van der Waals surface area contributed by atoms with E-state index in [1.54, 1.807) is 0 Å². The maximum Gasteiger partial charge on any atom is 0.306 e. The molecular formula is C8H19NO9S2. The van der Waals surface area contributed by atoms with Crippen molar-refractivity contribution in [1.82, 2.24) is 5.32 Å². The minimum absolute atomic E-state index is 0.0436. The van der Waals surface area contributed by atoms with Gasteiger partial charge in [0.05, 0.1) is 25.6 Å². The van der Waals surface area contributed by atoms with Gasteiger partial charge in [-0.3, -0.25) is 9.87 Å². The Labute approximate surface area is 117 Å². The van der Waals surface area contributed by atoms with Gasteiger partial charge in [-0.15, -0.1) is 4.33 Å². The molecule has 0 aromatic rings. The van der Waals surface area contributed by atoms with Crippen LogP contribution in [0, 0.1) is 0 Å². The number of hydrogen-bond donors (Lipinski definition) is 3. The van der Waals surface area contributed by atoms with Gasteiger partial charge in [-0.25, -0.2) is 4.89 Å². The first kappa shape index (κ1) is 19.7. The van der Waals surface area contributed by atoms with E-state index in [4.69, 9.17) is 9.29 Å². The van der Waals surface area contributed by atoms with Crippen LogP contribution >= 0.6 is 0 Å². The van der Waals surface area contributed by atoms with Crippen molar-refractivity contribution in [3.05, 3.63) is 0 Å². The van der Waals surface area contributed by atoms with E-state index in [0.717, 1.165) is 7.11 Å². The molecule has 1 unspecified atom stereocenters. The second kappa shape index (κ2) is 9.57. The van der Waals surface area contributed by atoms with E-state index in [0.29, 0.717) is 0 Å². The van der Waals surface area contributed by atoms with Crippen molar-refractivity contribution >= 4 is 20.2 Å². The Kier molecular flexibility index (Phi) is 9.41. The summed E-state index contributed by atoms with van der Waals surface area (Å²) in [6, 6.07) is 0. The normalized spacial score (nSPS) is 14.3. The van der Waals surface area contributed by atoms with Crippen molar-refractivity contribution in [2.75, 3.05) is 38.5 Å². The van der Waals surface area contributed by atoms with Crippen molar-refractivity contribution < 1.29 is 40.5 Å². The molecule has 0 saturated heterocycles. The molecule has 0 bridgehead atoms. The predicted octanol–water partition coefficient (Wildman–Crippen LogP) is -1.90. The molecular weight excluding hydrogens is 318 g/mol. The average molecular weight is 337 g/mol. The molecule has 0 aliphatic carbocycles. The smallest absolute Gasteiger partial charge is 0.306 e. The zero-order chi connectivity index (χ0) is 15.6. The number of rotatable bonds is 12. The van der Waals surface area contributed by atoms with Crippen LogP contribution in [0.25, 0.3) is 0 Å². The minimum Gasteiger partial charge on any atom is -0.389 e. The van der Waals surface area contributed by atoms with Gasteiger partial charge in [0, 0.05) is 13.2 Å². The summed E-state index contributed by atoms with van der Waals surface area (Å²) in [5.41, 5.74) is 0. The third-order valence-corrected chi connectivity index (χ3v) is 3.54. The first-order valence-electron chi connectivity index (χ1n) is 5.53. The zero-order valence-corrected chi connectivity index (χ0v) is 12.5. The van der Waals surface area contributed by atoms with Gasteiger partial charge in [0.2, 0.25) is 0 Å². The Morgan fingerprint density at radius 3 is 2.45 bits per heavy atom. The molecule has 0 aromatic heterocycles. The minimum atomic E-state index is -4.01. The zero-order valence-electron chi connectivity index (χ0n) is 10.9. The van der Waals surface area contributed by atoms with Crippen molar-refractivity contribution in [2.24, 2.45) is 0 Å². The van der Waals surface area contributed by atoms with Crippen LogP contribution in [0.1, 0.15) is 6.42 Å². The molecule has 0 heterocycles. The quantitative estimate of drug-likeness (QED) is 0.159. The van der Waals surface area contributed by atoms with Crippen LogP contribution in [0.2, 0.25) is 0 Å². The lowest BCUT2D eigenvalue weighted by atomic mass is 10.4. The van der Waals surface area contributed by atoms with E-state index in [1.165, 1.54) is 0 Å². The summed E-state index contributed by atoms with van der Waals surface area (Å²) in [6.07, 6.45) is -0.881. The lowest BCUT2D eigenvalue weighted by Gasteiger charge is -2.12. The Hall–Kier alpha value is -0.340. The molecule has 0 aromatic carbocycles. The van der Waals surface area contributed by atoms with Gasteiger partial charge >= 0.3 is 10.1 Å². The van der Waals surface area contributed by atoms with Gasteiger partial charge in [-0.2, -0.15) is 16.8 Å². The Morgan fingerprint density at radius 2 is 1.90 bits per heavy atom. The molecule has 0 spiro atoms. The molecule has 122 valence electrons. The molecule has 0 aliphatic heterocycles. The van der Waals surface area contributed by atoms with Crippen molar-refractivity contribution in [2.45, 2.75) is 12.5 Å². The summed E-state index contributed by atoms with van der Waals surface area (Å²) in [7, 11) is -6.81. The molecule has 0 amide bonds. The Morgan fingerprint density at radius 1 is 1.25 bits per heavy atom. The van der Waals surface area contributed by atoms with Gasteiger partial charge < -0.3 is 9.84 Å². The van der Waals surface area contributed by atoms with Crippen molar-refractivity contribution in [3.63, 3.8) is 0 Å². The molecule has 0 radical (unpaired) electrons. The van der Waals surface area contributed by atoms with E-state index in [9.17, 15) is 21.9 Å². The fourth-order valence-electron chi connectivity index (χ4n) is 1.10. The van der Waals surface area contributed by atoms with E-state index in [-0.39, 0.29) is 26.2 Å². The third-order valence-electron chi connectivity index (χ3n) is 1.83. The van der Waals surface area contributed by atoms with E-state index in [1.807, 2.05) is 0 Å². The number of aliphatic hydroxyl groups excluding tert-OH is 1. The summed E-state index contributed by atoms with van der Waals surface area (Å²) >= 11 is 0. The monoisotopic (exact) mass is 337 g/mol. The molecule has 20 heavy (non-hydrogen) atoms. The second-order valence-corrected chi connectivity index (χ2v) is 6.87. The topological polar surface area (TPSA) is 148 Å². The summed E-state index contributed by atoms with van der Waals surface area (Å²) in [5.74, 6) is -0.964. The van der Waals surface area contributed by atoms with Crippen LogP contribution in [-0.2, 0) is 34.2 Å². The van der Waals surface area contributed by atoms with Crippen molar-refractivity contribution in [1.29, 1.82) is 0 Å². The number of hydrogen-bond acceptors (Lipinski definition) is 9. The lowest BCUT2D eigenvalue weighted by molar-refractivity contribution is -0.172. The average Bonchev–Trinajstić information content (AvgIpc) is 2.26. The van der Waals surface area contributed by atoms with Crippen LogP contribution < -0.4 is 5.32 Å². The SMILES string of the molecule is COOS(=O)(=O)CNCC(O)COCCCS(=O)(=O)O. The van der Waals surface area contributed by atoms with Gasteiger partial charge in [0.25, 0.3) is 10.1 Å². The number of aliphatic hydroxyl groups is 1. The number of nitrogens with one attached hydrogen (secondary N) is 1. The first-order chi connectivity index (χ1) is 9.16. The lowest BCUT2D eigenvalue weighted by Crippen LogP contribution is -2.34. The van der Waals surface area contributed by atoms with E-state index < -0.39 is 38.0 Å². The Balaban J connectivity index is 3.62. The highest BCUT2D eigenvalue weighted by molar-refractivity contribution is 7.86. The molecule has 0 aliphatic rings. The fraction of sp³-hybridized carbons (Fsp3) is 1.00. The van der Waals surface area contributed by atoms with E-state index >= 15 is 0 Å². The molecule has 0 fully saturated rings. The summed E-state index contributed by atoms with van der Waals surface area (Å²) in [4.78, 5) is 4.00. The summed E-state index contributed by atoms with van der Waals surface area (Å²) < 4.78 is 60.1. The van der Waals surface area contributed by atoms with Gasteiger partial charge in [-0.05, 0) is 6.42 Å². The van der Waals surface area contributed by atoms with Crippen LogP contribution in [0.4, 0.5) is 0 Å². The summed E-state index contributed by atoms with van der Waals surface area (Å²) in [6.45, 7) is -0.129. The number of ether oxygens (including phenoxy) is 1. The maximum atomic E-state index is 11.0. The van der Waals surface area contributed by atoms with Crippen LogP contribution in [-0.4, -0.2) is 71.1 Å². The highest BCUT2D eigenvalue weighted by Gasteiger charge is 2.12. The van der Waals surface area contributed by atoms with Crippen LogP contribution in [0.15, 0.2) is 0 Å². The Bertz CT molecular complexity index is 447. The molecule has 1 atom stereocenters. The standard InChI is InChI=1S/C8H19NO9S2/c1-16-18-20(14,15)7-9-5-8(10)6-17-3-2-4-19(11,12)13/h8-10H,2-7H2,1H3,(H,11,12,13). The third kappa shape index (κ3) is 12.7. The molecule has 0 saturated carbocycles. The summed E-state index contributed by atoms with van der Waals surface area (Å²) in [5, 5.41) is 11.8. The molecule has 10 nitrogen and oxygen atoms in total. The highest BCUT2D eigenvalue weighted by atomic mass is 32.2. The predicted molar refractivity (Wildman–Crippen MR) is 67.7 cm³/mol. The highest BCUT2D eigenvalue weighted by Crippen LogP contribution is 1.93. The molecule has 12 heteroatoms. The molecule has 0 rings (SSSR count). The van der Waals surface area contributed by atoms with E-state index in [2.05, 4.69) is 14.5 Å². The van der Waals surface area contributed by atoms with Crippen LogP contribution in [0.5, 0.6) is 0 Å². The first-order valence-corrected chi connectivity index (χ1v) is 8.71. The van der Waals surface area contributed by atoms with Gasteiger partial charge in [-0.1, -0.05) is 0 Å². The molecule has 3 N–H and O–H groups in total.